The fourth-order valence-corrected chi connectivity index (χ4v) is 3.48. The van der Waals surface area contributed by atoms with Crippen LogP contribution in [0.1, 0.15) is 24.4 Å². The van der Waals surface area contributed by atoms with Gasteiger partial charge in [0.25, 0.3) is 0 Å². The molecule has 0 bridgehead atoms. The number of halogens is 2. The second-order valence-electron chi connectivity index (χ2n) is 5.49. The predicted molar refractivity (Wildman–Crippen MR) is 83.2 cm³/mol. The maximum absolute atomic E-state index is 13.9. The van der Waals surface area contributed by atoms with Gasteiger partial charge in [-0.2, -0.15) is 4.37 Å². The van der Waals surface area contributed by atoms with Crippen molar-refractivity contribution in [3.05, 3.63) is 41.2 Å². The van der Waals surface area contributed by atoms with Crippen molar-refractivity contribution in [3.63, 3.8) is 0 Å². The topological polar surface area (TPSA) is 32.3 Å². The minimum Gasteiger partial charge on any atom is -0.344 e. The third-order valence-electron chi connectivity index (χ3n) is 4.06. The highest BCUT2D eigenvalue weighted by Crippen LogP contribution is 2.26. The SMILES string of the molecule is Cc1nsc(N2CCN(C(C)c3ccc(F)cc3F)CC2)n1. The van der Waals surface area contributed by atoms with E-state index in [0.717, 1.165) is 43.2 Å². The highest BCUT2D eigenvalue weighted by molar-refractivity contribution is 7.09. The first-order valence-electron chi connectivity index (χ1n) is 7.29. The maximum atomic E-state index is 13.9. The van der Waals surface area contributed by atoms with Gasteiger partial charge in [-0.05, 0) is 19.9 Å². The minimum absolute atomic E-state index is 0.0705. The van der Waals surface area contributed by atoms with Gasteiger partial charge < -0.3 is 4.90 Å². The second-order valence-corrected chi connectivity index (χ2v) is 6.22. The summed E-state index contributed by atoms with van der Waals surface area (Å²) in [7, 11) is 0. The van der Waals surface area contributed by atoms with Gasteiger partial charge in [0.05, 0.1) is 0 Å². The van der Waals surface area contributed by atoms with Gasteiger partial charge in [-0.15, -0.1) is 0 Å². The van der Waals surface area contributed by atoms with E-state index in [2.05, 4.69) is 19.2 Å². The van der Waals surface area contributed by atoms with Gasteiger partial charge in [0.1, 0.15) is 17.5 Å². The lowest BCUT2D eigenvalue weighted by molar-refractivity contribution is 0.195. The second kappa shape index (κ2) is 6.26. The van der Waals surface area contributed by atoms with Gasteiger partial charge >= 0.3 is 0 Å². The molecule has 0 spiro atoms. The largest absolute Gasteiger partial charge is 0.344 e. The van der Waals surface area contributed by atoms with E-state index in [1.807, 2.05) is 13.8 Å². The molecule has 1 aliphatic rings. The van der Waals surface area contributed by atoms with E-state index in [-0.39, 0.29) is 6.04 Å². The molecule has 22 heavy (non-hydrogen) atoms. The molecule has 1 aromatic carbocycles. The van der Waals surface area contributed by atoms with Gasteiger partial charge in [-0.1, -0.05) is 6.07 Å². The van der Waals surface area contributed by atoms with Crippen LogP contribution in [0.5, 0.6) is 0 Å². The summed E-state index contributed by atoms with van der Waals surface area (Å²) in [5.74, 6) is -0.219. The van der Waals surface area contributed by atoms with Crippen LogP contribution >= 0.6 is 11.5 Å². The number of hydrogen-bond donors (Lipinski definition) is 0. The Morgan fingerprint density at radius 2 is 1.91 bits per heavy atom. The van der Waals surface area contributed by atoms with Crippen LogP contribution in [0.3, 0.4) is 0 Å². The van der Waals surface area contributed by atoms with Crippen molar-refractivity contribution < 1.29 is 8.78 Å². The number of anilines is 1. The van der Waals surface area contributed by atoms with E-state index in [9.17, 15) is 8.78 Å². The smallest absolute Gasteiger partial charge is 0.205 e. The van der Waals surface area contributed by atoms with Crippen LogP contribution in [0.4, 0.5) is 13.9 Å². The summed E-state index contributed by atoms with van der Waals surface area (Å²) in [5.41, 5.74) is 0.543. The minimum atomic E-state index is -0.537. The van der Waals surface area contributed by atoms with Crippen molar-refractivity contribution in [1.29, 1.82) is 0 Å². The highest BCUT2D eigenvalue weighted by atomic mass is 32.1. The number of aryl methyl sites for hydroxylation is 1. The average Bonchev–Trinajstić information content (AvgIpc) is 2.93. The number of piperazine rings is 1. The molecule has 2 heterocycles. The molecular formula is C15H18F2N4S. The predicted octanol–water partition coefficient (Wildman–Crippen LogP) is 3.01. The third kappa shape index (κ3) is 3.10. The number of nitrogens with zero attached hydrogens (tertiary/aromatic N) is 4. The van der Waals surface area contributed by atoms with E-state index in [1.54, 1.807) is 0 Å². The van der Waals surface area contributed by atoms with Crippen molar-refractivity contribution in [2.45, 2.75) is 19.9 Å². The summed E-state index contributed by atoms with van der Waals surface area (Å²) in [5, 5.41) is 0.942. The first-order chi connectivity index (χ1) is 10.5. The summed E-state index contributed by atoms with van der Waals surface area (Å²) in [4.78, 5) is 8.81. The van der Waals surface area contributed by atoms with Crippen LogP contribution in [0.2, 0.25) is 0 Å². The lowest BCUT2D eigenvalue weighted by Crippen LogP contribution is -2.47. The summed E-state index contributed by atoms with van der Waals surface area (Å²) < 4.78 is 31.1. The van der Waals surface area contributed by atoms with Crippen LogP contribution in [0.15, 0.2) is 18.2 Å². The molecule has 0 saturated carbocycles. The molecule has 1 unspecified atom stereocenters. The molecule has 1 atom stereocenters. The van der Waals surface area contributed by atoms with Crippen LogP contribution in [-0.2, 0) is 0 Å². The molecule has 2 aromatic rings. The monoisotopic (exact) mass is 324 g/mol. The summed E-state index contributed by atoms with van der Waals surface area (Å²) in [6.45, 7) is 7.15. The van der Waals surface area contributed by atoms with Crippen LogP contribution in [-0.4, -0.2) is 40.4 Å². The fourth-order valence-electron chi connectivity index (χ4n) is 2.75. The molecule has 0 amide bonds. The molecule has 7 heteroatoms. The molecule has 4 nitrogen and oxygen atoms in total. The zero-order valence-electron chi connectivity index (χ0n) is 12.6. The molecule has 3 rings (SSSR count). The standard InChI is InChI=1S/C15H18F2N4S/c1-10(13-4-3-12(16)9-14(13)17)20-5-7-21(8-6-20)15-18-11(2)19-22-15/h3-4,9-10H,5-8H2,1-2H3. The molecule has 0 aliphatic carbocycles. The third-order valence-corrected chi connectivity index (χ3v) is 4.93. The van der Waals surface area contributed by atoms with Crippen molar-refractivity contribution in [2.75, 3.05) is 31.1 Å². The zero-order valence-corrected chi connectivity index (χ0v) is 13.4. The Morgan fingerprint density at radius 1 is 1.18 bits per heavy atom. The summed E-state index contributed by atoms with van der Waals surface area (Å²) in [6.07, 6.45) is 0. The Morgan fingerprint density at radius 3 is 2.50 bits per heavy atom. The van der Waals surface area contributed by atoms with Gasteiger partial charge in [-0.25, -0.2) is 13.8 Å². The lowest BCUT2D eigenvalue weighted by atomic mass is 10.1. The Hall–Kier alpha value is -1.60. The van der Waals surface area contributed by atoms with Crippen molar-refractivity contribution in [2.24, 2.45) is 0 Å². The quantitative estimate of drug-likeness (QED) is 0.869. The van der Waals surface area contributed by atoms with Crippen molar-refractivity contribution >= 4 is 16.7 Å². The van der Waals surface area contributed by atoms with Crippen molar-refractivity contribution in [3.8, 4) is 0 Å². The first kappa shape index (κ1) is 15.3. The van der Waals surface area contributed by atoms with E-state index in [1.165, 1.54) is 23.7 Å². The Labute approximate surface area is 132 Å². The number of aromatic nitrogens is 2. The van der Waals surface area contributed by atoms with Crippen molar-refractivity contribution in [1.82, 2.24) is 14.3 Å². The number of rotatable bonds is 3. The zero-order chi connectivity index (χ0) is 15.7. The molecule has 1 saturated heterocycles. The molecule has 0 N–H and O–H groups in total. The van der Waals surface area contributed by atoms with Gasteiger partial charge in [0.15, 0.2) is 0 Å². The van der Waals surface area contributed by atoms with E-state index < -0.39 is 11.6 Å². The average molecular weight is 324 g/mol. The molecule has 1 aromatic heterocycles. The normalized spacial score (nSPS) is 17.7. The van der Waals surface area contributed by atoms with E-state index in [4.69, 9.17) is 0 Å². The summed E-state index contributed by atoms with van der Waals surface area (Å²) >= 11 is 1.41. The Kier molecular flexibility index (Phi) is 4.35. The highest BCUT2D eigenvalue weighted by Gasteiger charge is 2.25. The molecule has 1 aliphatic heterocycles. The maximum Gasteiger partial charge on any atom is 0.205 e. The molecule has 118 valence electrons. The van der Waals surface area contributed by atoms with Crippen LogP contribution in [0.25, 0.3) is 0 Å². The fraction of sp³-hybridized carbons (Fsp3) is 0.467. The first-order valence-corrected chi connectivity index (χ1v) is 8.06. The van der Waals surface area contributed by atoms with Gasteiger partial charge in [0, 0.05) is 55.4 Å². The Bertz CT molecular complexity index is 653. The van der Waals surface area contributed by atoms with Gasteiger partial charge in [-0.3, -0.25) is 4.90 Å². The molecule has 0 radical (unpaired) electrons. The lowest BCUT2D eigenvalue weighted by Gasteiger charge is -2.38. The Balaban J connectivity index is 1.65. The van der Waals surface area contributed by atoms with Gasteiger partial charge in [0.2, 0.25) is 5.13 Å². The number of benzene rings is 1. The molecular weight excluding hydrogens is 306 g/mol. The summed E-state index contributed by atoms with van der Waals surface area (Å²) in [6, 6.07) is 3.73. The van der Waals surface area contributed by atoms with E-state index in [0.29, 0.717) is 5.56 Å². The molecule has 1 fully saturated rings. The van der Waals surface area contributed by atoms with Crippen LogP contribution < -0.4 is 4.90 Å². The number of hydrogen-bond acceptors (Lipinski definition) is 5. The van der Waals surface area contributed by atoms with E-state index >= 15 is 0 Å². The van der Waals surface area contributed by atoms with Crippen LogP contribution in [0, 0.1) is 18.6 Å².